The molecule has 8 N–H and O–H groups in total. The van der Waals surface area contributed by atoms with Crippen LogP contribution in [0, 0.1) is 19.3 Å². The fourth-order valence-electron chi connectivity index (χ4n) is 6.92. The molecular weight excluding hydrogens is 690 g/mol. The molecule has 1 unspecified atom stereocenters. The number of phenolic OH excluding ortho intramolecular Hbond substituents is 1. The third kappa shape index (κ3) is 10.3. The summed E-state index contributed by atoms with van der Waals surface area (Å²) >= 11 is 0. The van der Waals surface area contributed by atoms with Crippen LogP contribution < -0.4 is 16.0 Å². The molecule has 15 nitrogen and oxygen atoms in total. The van der Waals surface area contributed by atoms with Gasteiger partial charge in [-0.05, 0) is 74.1 Å². The predicted octanol–water partition coefficient (Wildman–Crippen LogP) is 2.60. The van der Waals surface area contributed by atoms with Gasteiger partial charge in [0.15, 0.2) is 11.4 Å². The molecule has 0 radical (unpaired) electrons. The van der Waals surface area contributed by atoms with E-state index >= 15 is 0 Å². The molecule has 2 aliphatic heterocycles. The molecule has 0 aliphatic carbocycles. The minimum absolute atomic E-state index is 0.0361. The summed E-state index contributed by atoms with van der Waals surface area (Å²) in [7, 11) is 0. The van der Waals surface area contributed by atoms with E-state index in [0.717, 1.165) is 0 Å². The van der Waals surface area contributed by atoms with Crippen molar-refractivity contribution in [2.45, 2.75) is 129 Å². The van der Waals surface area contributed by atoms with Crippen molar-refractivity contribution in [2.24, 2.45) is 5.41 Å². The van der Waals surface area contributed by atoms with Crippen LogP contribution in [-0.4, -0.2) is 104 Å². The molecule has 2 fully saturated rings. The second-order valence-corrected chi connectivity index (χ2v) is 15.8. The van der Waals surface area contributed by atoms with Crippen LogP contribution in [0.5, 0.6) is 5.75 Å². The molecule has 4 rings (SSSR count). The summed E-state index contributed by atoms with van der Waals surface area (Å²) in [5.74, 6) is -4.05. The Labute approximate surface area is 309 Å². The summed E-state index contributed by atoms with van der Waals surface area (Å²) < 4.78 is 18.6. The largest absolute Gasteiger partial charge is 0.507 e. The molecule has 3 amide bonds. The number of ether oxygens (including phenoxy) is 3. The van der Waals surface area contributed by atoms with Crippen LogP contribution >= 0.6 is 0 Å². The Morgan fingerprint density at radius 3 is 2.23 bits per heavy atom. The zero-order chi connectivity index (χ0) is 39.6. The first kappa shape index (κ1) is 41.6. The standard InChI is InChI=1S/C38H53N3O12/c1-19-12-23(13-20(2)30(19)46)34(48)39-18-26(44)31(47)33-29(40-21(3)42)25(43)15-38(53-33,35(49)50)16-27-32(52-37(7,8)51-27)22-10-9-11-24(14-22)41-28(45)17-36(4,5)6/h9-14,25-27,29,31-33,43-44,46-47H,15-18H2,1-8H3,(H,39,48)(H,40,42)(H,41,45)(H,49,50)/t25-,26+,27?,29+,31+,32-,33+,38-/m0/s1. The molecule has 0 aromatic heterocycles. The van der Waals surface area contributed by atoms with Crippen molar-refractivity contribution < 1.29 is 58.9 Å². The zero-order valence-electron chi connectivity index (χ0n) is 31.4. The Kier molecular flexibility index (Phi) is 12.6. The van der Waals surface area contributed by atoms with Gasteiger partial charge in [0.25, 0.3) is 5.91 Å². The Balaban J connectivity index is 1.59. The lowest BCUT2D eigenvalue weighted by atomic mass is 9.79. The number of phenols is 1. The molecular formula is C38H53N3O12. The molecule has 0 bridgehead atoms. The monoisotopic (exact) mass is 743 g/mol. The van der Waals surface area contributed by atoms with Gasteiger partial charge >= 0.3 is 5.97 Å². The third-order valence-corrected chi connectivity index (χ3v) is 9.29. The van der Waals surface area contributed by atoms with Gasteiger partial charge in [-0.1, -0.05) is 32.9 Å². The normalized spacial score (nSPS) is 26.7. The van der Waals surface area contributed by atoms with Crippen LogP contribution in [0.4, 0.5) is 5.69 Å². The van der Waals surface area contributed by atoms with Crippen molar-refractivity contribution in [3.63, 3.8) is 0 Å². The second-order valence-electron chi connectivity index (χ2n) is 15.8. The molecule has 2 heterocycles. The number of hydrogen-bond acceptors (Lipinski definition) is 11. The Hall–Kier alpha value is -4.12. The number of nitrogens with one attached hydrogen (secondary N) is 3. The number of carboxylic acid groups (broad SMARTS) is 1. The number of aliphatic carboxylic acids is 1. The van der Waals surface area contributed by atoms with E-state index in [1.165, 1.54) is 19.1 Å². The van der Waals surface area contributed by atoms with E-state index in [4.69, 9.17) is 14.2 Å². The van der Waals surface area contributed by atoms with Gasteiger partial charge in [0.05, 0.1) is 24.4 Å². The highest BCUT2D eigenvalue weighted by molar-refractivity contribution is 5.95. The zero-order valence-corrected chi connectivity index (χ0v) is 31.4. The minimum atomic E-state index is -2.21. The van der Waals surface area contributed by atoms with E-state index in [1.54, 1.807) is 52.0 Å². The number of benzene rings is 2. The fraction of sp³-hybridized carbons (Fsp3) is 0.579. The highest BCUT2D eigenvalue weighted by Gasteiger charge is 2.57. The van der Waals surface area contributed by atoms with Crippen molar-refractivity contribution in [1.29, 1.82) is 0 Å². The molecule has 15 heteroatoms. The number of aryl methyl sites for hydroxylation is 2. The number of amides is 3. The maximum Gasteiger partial charge on any atom is 0.336 e. The SMILES string of the molecule is CC(=O)N[C@H]1[C@H]([C@H](O)[C@H](O)CNC(=O)c2cc(C)c(O)c(C)c2)O[C@@](CC2OC(C)(C)O[C@H]2c2cccc(NC(=O)CC(C)(C)C)c2)(C(=O)O)C[C@@H]1O. The number of carbonyl (C=O) groups is 4. The minimum Gasteiger partial charge on any atom is -0.507 e. The first-order chi connectivity index (χ1) is 24.5. The third-order valence-electron chi connectivity index (χ3n) is 9.29. The summed E-state index contributed by atoms with van der Waals surface area (Å²) in [6, 6.07) is 8.46. The number of anilines is 1. The first-order valence-electron chi connectivity index (χ1n) is 17.6. The van der Waals surface area contributed by atoms with Gasteiger partial charge < -0.3 is 55.7 Å². The van der Waals surface area contributed by atoms with Crippen LogP contribution in [0.25, 0.3) is 0 Å². The second kappa shape index (κ2) is 16.1. The van der Waals surface area contributed by atoms with Crippen LogP contribution in [0.3, 0.4) is 0 Å². The van der Waals surface area contributed by atoms with Crippen LogP contribution in [0.1, 0.15) is 94.0 Å². The Morgan fingerprint density at radius 2 is 1.64 bits per heavy atom. The van der Waals surface area contributed by atoms with Gasteiger partial charge in [0.2, 0.25) is 11.8 Å². The smallest absolute Gasteiger partial charge is 0.336 e. The molecule has 0 saturated carbocycles. The van der Waals surface area contributed by atoms with E-state index in [-0.39, 0.29) is 29.1 Å². The van der Waals surface area contributed by atoms with Gasteiger partial charge in [-0.3, -0.25) is 14.4 Å². The highest BCUT2D eigenvalue weighted by Crippen LogP contribution is 2.45. The van der Waals surface area contributed by atoms with E-state index in [1.807, 2.05) is 20.8 Å². The number of aromatic hydroxyl groups is 1. The van der Waals surface area contributed by atoms with Crippen LogP contribution in [0.15, 0.2) is 36.4 Å². The number of carboxylic acids is 1. The maximum atomic E-state index is 13.1. The Morgan fingerprint density at radius 1 is 1.00 bits per heavy atom. The topological polar surface area (TPSA) is 233 Å². The van der Waals surface area contributed by atoms with Gasteiger partial charge in [0, 0.05) is 44.0 Å². The van der Waals surface area contributed by atoms with Crippen molar-refractivity contribution in [1.82, 2.24) is 10.6 Å². The van der Waals surface area contributed by atoms with Gasteiger partial charge in [-0.2, -0.15) is 0 Å². The van der Waals surface area contributed by atoms with Crippen LogP contribution in [-0.2, 0) is 28.6 Å². The first-order valence-corrected chi connectivity index (χ1v) is 17.6. The molecule has 292 valence electrons. The maximum absolute atomic E-state index is 13.1. The lowest BCUT2D eigenvalue weighted by Gasteiger charge is -2.48. The average molecular weight is 744 g/mol. The van der Waals surface area contributed by atoms with Gasteiger partial charge in [-0.25, -0.2) is 4.79 Å². The van der Waals surface area contributed by atoms with Crippen LogP contribution in [0.2, 0.25) is 0 Å². The van der Waals surface area contributed by atoms with Crippen molar-refractivity contribution in [3.05, 3.63) is 58.7 Å². The Bertz CT molecular complexity index is 1670. The lowest BCUT2D eigenvalue weighted by molar-refractivity contribution is -0.236. The van der Waals surface area contributed by atoms with E-state index in [0.29, 0.717) is 22.4 Å². The lowest BCUT2D eigenvalue weighted by Crippen LogP contribution is -2.68. The van der Waals surface area contributed by atoms with Crippen molar-refractivity contribution in [3.8, 4) is 5.75 Å². The van der Waals surface area contributed by atoms with E-state index < -0.39 is 91.2 Å². The van der Waals surface area contributed by atoms with Crippen molar-refractivity contribution in [2.75, 3.05) is 11.9 Å². The molecule has 2 aliphatic rings. The predicted molar refractivity (Wildman–Crippen MR) is 192 cm³/mol. The number of aliphatic hydroxyl groups is 3. The number of carbonyl (C=O) groups excluding carboxylic acids is 3. The average Bonchev–Trinajstić information content (AvgIpc) is 3.34. The molecule has 2 aromatic carbocycles. The fourth-order valence-corrected chi connectivity index (χ4v) is 6.92. The molecule has 2 saturated heterocycles. The molecule has 0 spiro atoms. The summed E-state index contributed by atoms with van der Waals surface area (Å²) in [5.41, 5.74) is -0.269. The molecule has 2 aromatic rings. The summed E-state index contributed by atoms with van der Waals surface area (Å²) in [4.78, 5) is 50.9. The molecule has 53 heavy (non-hydrogen) atoms. The van der Waals surface area contributed by atoms with E-state index in [2.05, 4.69) is 16.0 Å². The number of rotatable bonds is 12. The molecule has 8 atom stereocenters. The summed E-state index contributed by atoms with van der Waals surface area (Å²) in [6.07, 6.45) is -9.37. The summed E-state index contributed by atoms with van der Waals surface area (Å²) in [5, 5.41) is 62.4. The van der Waals surface area contributed by atoms with Gasteiger partial charge in [0.1, 0.15) is 24.1 Å². The highest BCUT2D eigenvalue weighted by atomic mass is 16.8. The number of hydrogen-bond donors (Lipinski definition) is 8. The van der Waals surface area contributed by atoms with Crippen molar-refractivity contribution >= 4 is 29.4 Å². The number of aliphatic hydroxyl groups excluding tert-OH is 3. The van der Waals surface area contributed by atoms with Gasteiger partial charge in [-0.15, -0.1) is 0 Å². The van der Waals surface area contributed by atoms with E-state index in [9.17, 15) is 44.7 Å². The summed E-state index contributed by atoms with van der Waals surface area (Å²) in [6.45, 7) is 13.1. The quantitative estimate of drug-likeness (QED) is 0.157.